The van der Waals surface area contributed by atoms with Crippen LogP contribution < -0.4 is 5.56 Å². The summed E-state index contributed by atoms with van der Waals surface area (Å²) in [6, 6.07) is 8.74. The van der Waals surface area contributed by atoms with Crippen molar-refractivity contribution >= 4 is 10.9 Å². The van der Waals surface area contributed by atoms with Crippen molar-refractivity contribution < 1.29 is 22.2 Å². The van der Waals surface area contributed by atoms with Crippen LogP contribution in [0.5, 0.6) is 5.75 Å². The Morgan fingerprint density at radius 2 is 1.92 bits per heavy atom. The summed E-state index contributed by atoms with van der Waals surface area (Å²) in [4.78, 5) is 13.5. The maximum absolute atomic E-state index is 10.9. The Morgan fingerprint density at radius 1 is 1.23 bits per heavy atom. The Kier molecular flexibility index (Phi) is 2.76. The molecule has 0 fully saturated rings. The van der Waals surface area contributed by atoms with E-state index in [1.807, 2.05) is 18.2 Å². The smallest absolute Gasteiger partial charge is 0.290 e. The molecule has 1 radical (unpaired) electrons. The number of nitrogens with one attached hydrogen (secondary N) is 1. The van der Waals surface area contributed by atoms with Gasteiger partial charge in [-0.3, -0.25) is 4.79 Å². The quantitative estimate of drug-likeness (QED) is 0.662. The van der Waals surface area contributed by atoms with Gasteiger partial charge in [-0.25, -0.2) is 0 Å². The van der Waals surface area contributed by atoms with Crippen molar-refractivity contribution in [3.63, 3.8) is 0 Å². The maximum atomic E-state index is 10.9. The molecule has 2 aromatic rings. The van der Waals surface area contributed by atoms with Gasteiger partial charge in [-0.2, -0.15) is 0 Å². The van der Waals surface area contributed by atoms with E-state index in [-0.39, 0.29) is 22.8 Å². The molecule has 0 saturated carbocycles. The molecule has 2 N–H and O–H groups in total. The first-order valence-corrected chi connectivity index (χ1v) is 3.58. The third kappa shape index (κ3) is 1.74. The number of hydrogen-bond donors (Lipinski definition) is 2. The topological polar surface area (TPSA) is 53.1 Å². The number of aromatic hydroxyl groups is 1. The maximum Gasteiger partial charge on any atom is 0.290 e. The molecular weight excluding hydrogens is 218 g/mol. The fourth-order valence-electron chi connectivity index (χ4n) is 1.14. The van der Waals surface area contributed by atoms with E-state index in [1.54, 1.807) is 6.07 Å². The van der Waals surface area contributed by atoms with Crippen LogP contribution in [0.2, 0.25) is 0 Å². The van der Waals surface area contributed by atoms with E-state index in [0.29, 0.717) is 0 Å². The van der Waals surface area contributed by atoms with E-state index < -0.39 is 5.56 Å². The summed E-state index contributed by atoms with van der Waals surface area (Å²) in [6.45, 7) is 0. The van der Waals surface area contributed by atoms with Crippen LogP contribution in [-0.2, 0) is 17.1 Å². The van der Waals surface area contributed by atoms with Crippen LogP contribution in [0, 0.1) is 0 Å². The molecule has 0 aliphatic heterocycles. The van der Waals surface area contributed by atoms with E-state index in [2.05, 4.69) is 4.98 Å². The van der Waals surface area contributed by atoms with Crippen molar-refractivity contribution in [2.75, 3.05) is 0 Å². The Bertz CT molecular complexity index is 478. The molecule has 4 heteroatoms. The molecule has 1 heterocycles. The average molecular weight is 225 g/mol. The van der Waals surface area contributed by atoms with Crippen molar-refractivity contribution in [2.24, 2.45) is 0 Å². The normalized spacial score (nSPS) is 9.54. The summed E-state index contributed by atoms with van der Waals surface area (Å²) in [5.41, 5.74) is 0.286. The summed E-state index contributed by atoms with van der Waals surface area (Å²) in [5, 5.41) is 9.90. The molecule has 0 bridgehead atoms. The summed E-state index contributed by atoms with van der Waals surface area (Å²) < 4.78 is 0. The van der Waals surface area contributed by atoms with Gasteiger partial charge in [-0.15, -0.1) is 0 Å². The molecule has 0 spiro atoms. The molecule has 71 valence electrons. The van der Waals surface area contributed by atoms with Gasteiger partial charge in [0.05, 0.1) is 0 Å². The van der Waals surface area contributed by atoms with Gasteiger partial charge in [0.1, 0.15) is 0 Å². The molecule has 1 aromatic heterocycles. The number of H-pyrrole nitrogens is 1. The SMILES string of the molecule is O=c1[nH]c2ccccc2cc1O.[Cu]. The van der Waals surface area contributed by atoms with Crippen molar-refractivity contribution in [2.45, 2.75) is 0 Å². The van der Waals surface area contributed by atoms with Crippen LogP contribution in [0.4, 0.5) is 0 Å². The number of aromatic nitrogens is 1. The van der Waals surface area contributed by atoms with E-state index in [0.717, 1.165) is 10.9 Å². The van der Waals surface area contributed by atoms with E-state index in [1.165, 1.54) is 6.07 Å². The fraction of sp³-hybridized carbons (Fsp3) is 0. The molecule has 0 saturated heterocycles. The molecule has 0 aliphatic rings. The largest absolute Gasteiger partial charge is 0.503 e. The molecular formula is C9H7CuNO2. The molecule has 0 atom stereocenters. The summed E-state index contributed by atoms with van der Waals surface area (Å²) >= 11 is 0. The standard InChI is InChI=1S/C9H7NO2.Cu/c11-8-5-6-3-1-2-4-7(6)10-9(8)12;/h1-5,11H,(H,10,12);. The number of aromatic amines is 1. The molecule has 3 nitrogen and oxygen atoms in total. The second-order valence-electron chi connectivity index (χ2n) is 2.57. The molecule has 0 aliphatic carbocycles. The average Bonchev–Trinajstić information content (AvgIpc) is 2.07. The third-order valence-electron chi connectivity index (χ3n) is 1.73. The second kappa shape index (κ2) is 3.64. The first-order valence-electron chi connectivity index (χ1n) is 3.58. The van der Waals surface area contributed by atoms with Crippen molar-refractivity contribution in [1.29, 1.82) is 0 Å². The minimum atomic E-state index is -0.450. The van der Waals surface area contributed by atoms with Crippen molar-refractivity contribution in [3.05, 3.63) is 40.7 Å². The summed E-state index contributed by atoms with van der Waals surface area (Å²) in [7, 11) is 0. The summed E-state index contributed by atoms with van der Waals surface area (Å²) in [6.07, 6.45) is 0. The molecule has 0 unspecified atom stereocenters. The van der Waals surface area contributed by atoms with Gasteiger partial charge < -0.3 is 10.1 Å². The Labute approximate surface area is 84.9 Å². The first kappa shape index (κ1) is 9.83. The van der Waals surface area contributed by atoms with E-state index >= 15 is 0 Å². The van der Waals surface area contributed by atoms with Crippen LogP contribution >= 0.6 is 0 Å². The number of fused-ring (bicyclic) bond motifs is 1. The second-order valence-corrected chi connectivity index (χ2v) is 2.57. The minimum Gasteiger partial charge on any atom is -0.503 e. The zero-order chi connectivity index (χ0) is 8.55. The number of benzene rings is 1. The Balaban J connectivity index is 0.000000845. The molecule has 2 rings (SSSR count). The van der Waals surface area contributed by atoms with Crippen LogP contribution in [-0.4, -0.2) is 10.1 Å². The number of rotatable bonds is 0. The fourth-order valence-corrected chi connectivity index (χ4v) is 1.14. The monoisotopic (exact) mass is 224 g/mol. The predicted octanol–water partition coefficient (Wildman–Crippen LogP) is 1.23. The van der Waals surface area contributed by atoms with Gasteiger partial charge in [0, 0.05) is 28.0 Å². The Morgan fingerprint density at radius 3 is 2.69 bits per heavy atom. The number of pyridine rings is 1. The van der Waals surface area contributed by atoms with Gasteiger partial charge in [-0.05, 0) is 12.1 Å². The zero-order valence-electron chi connectivity index (χ0n) is 6.54. The Hall–Kier alpha value is -1.25. The third-order valence-corrected chi connectivity index (χ3v) is 1.73. The van der Waals surface area contributed by atoms with E-state index in [4.69, 9.17) is 5.11 Å². The number of hydrogen-bond acceptors (Lipinski definition) is 2. The van der Waals surface area contributed by atoms with Gasteiger partial charge in [-0.1, -0.05) is 18.2 Å². The van der Waals surface area contributed by atoms with Crippen molar-refractivity contribution in [3.8, 4) is 5.75 Å². The van der Waals surface area contributed by atoms with Crippen molar-refractivity contribution in [1.82, 2.24) is 4.98 Å². The van der Waals surface area contributed by atoms with Crippen LogP contribution in [0.15, 0.2) is 35.1 Å². The van der Waals surface area contributed by atoms with Gasteiger partial charge in [0.2, 0.25) is 0 Å². The first-order chi connectivity index (χ1) is 5.77. The summed E-state index contributed by atoms with van der Waals surface area (Å²) in [5.74, 6) is -0.242. The molecule has 13 heavy (non-hydrogen) atoms. The number of para-hydroxylation sites is 1. The van der Waals surface area contributed by atoms with Gasteiger partial charge in [0.25, 0.3) is 5.56 Å². The van der Waals surface area contributed by atoms with Crippen LogP contribution in [0.1, 0.15) is 0 Å². The predicted molar refractivity (Wildman–Crippen MR) is 46.2 cm³/mol. The molecule has 1 aromatic carbocycles. The van der Waals surface area contributed by atoms with Crippen LogP contribution in [0.25, 0.3) is 10.9 Å². The van der Waals surface area contributed by atoms with Gasteiger partial charge in [0.15, 0.2) is 5.75 Å². The van der Waals surface area contributed by atoms with Gasteiger partial charge >= 0.3 is 0 Å². The molecule has 0 amide bonds. The minimum absolute atomic E-state index is 0. The zero-order valence-corrected chi connectivity index (χ0v) is 7.49. The van der Waals surface area contributed by atoms with Crippen LogP contribution in [0.3, 0.4) is 0 Å². The van der Waals surface area contributed by atoms with E-state index in [9.17, 15) is 4.79 Å².